The summed E-state index contributed by atoms with van der Waals surface area (Å²) in [6, 6.07) is 14.2. The third-order valence-corrected chi connectivity index (χ3v) is 8.75. The van der Waals surface area contributed by atoms with Gasteiger partial charge in [-0.2, -0.15) is 0 Å². The summed E-state index contributed by atoms with van der Waals surface area (Å²) in [7, 11) is 0. The zero-order valence-corrected chi connectivity index (χ0v) is 23.8. The third-order valence-electron chi connectivity index (χ3n) is 7.18. The monoisotopic (exact) mass is 581 g/mol. The van der Waals surface area contributed by atoms with Crippen LogP contribution in [0, 0.1) is 0 Å². The van der Waals surface area contributed by atoms with Crippen molar-refractivity contribution in [1.29, 1.82) is 0 Å². The highest BCUT2D eigenvalue weighted by molar-refractivity contribution is 8.01. The predicted molar refractivity (Wildman–Crippen MR) is 154 cm³/mol. The molecule has 0 saturated carbocycles. The largest absolute Gasteiger partial charge is 0.480 e. The van der Waals surface area contributed by atoms with E-state index in [2.05, 4.69) is 21.3 Å². The van der Waals surface area contributed by atoms with Crippen LogP contribution in [0.1, 0.15) is 43.9 Å². The fourth-order valence-electron chi connectivity index (χ4n) is 5.06. The van der Waals surface area contributed by atoms with Crippen LogP contribution in [-0.2, 0) is 25.6 Å². The number of rotatable bonds is 12. The second-order valence-electron chi connectivity index (χ2n) is 10.3. The van der Waals surface area contributed by atoms with E-state index in [9.17, 15) is 29.1 Å². The number of carboxylic acid groups (broad SMARTS) is 1. The molecule has 0 aliphatic carbocycles. The molecule has 12 heteroatoms. The summed E-state index contributed by atoms with van der Waals surface area (Å²) in [5.41, 5.74) is 1.35. The molecule has 11 nitrogen and oxygen atoms in total. The van der Waals surface area contributed by atoms with Crippen molar-refractivity contribution in [2.24, 2.45) is 0 Å². The van der Waals surface area contributed by atoms with Crippen LogP contribution in [0.3, 0.4) is 0 Å². The number of carbonyl (C=O) groups excluding carboxylic acids is 4. The number of carboxylic acids is 1. The first-order valence-corrected chi connectivity index (χ1v) is 14.4. The molecule has 5 atom stereocenters. The summed E-state index contributed by atoms with van der Waals surface area (Å²) in [5.74, 6) is -2.44. The number of thioether (sulfide) groups is 1. The molecule has 2 aliphatic rings. The lowest BCUT2D eigenvalue weighted by Crippen LogP contribution is -2.59. The Balaban J connectivity index is 1.51. The Morgan fingerprint density at radius 1 is 1.00 bits per heavy atom. The highest BCUT2D eigenvalue weighted by Gasteiger charge is 2.60. The van der Waals surface area contributed by atoms with Crippen molar-refractivity contribution in [2.45, 2.75) is 61.4 Å². The minimum Gasteiger partial charge on any atom is -0.480 e. The van der Waals surface area contributed by atoms with E-state index in [1.165, 1.54) is 16.7 Å². The molecule has 0 radical (unpaired) electrons. The summed E-state index contributed by atoms with van der Waals surface area (Å²) < 4.78 is -0.960. The van der Waals surface area contributed by atoms with Crippen LogP contribution in [0.2, 0.25) is 0 Å². The SMILES string of the molecule is CCCNC(=O)N[C@H](Cc1ccccc1)C(=O)N[C@@H](C(=O)NCC1(C)S[C@@H]2CC(=O)N2[C@H]1C(=O)O)c1ccccc1. The minimum atomic E-state index is -1.13. The van der Waals surface area contributed by atoms with E-state index in [1.54, 1.807) is 37.3 Å². The zero-order valence-electron chi connectivity index (χ0n) is 23.0. The number of hydrogen-bond acceptors (Lipinski definition) is 6. The van der Waals surface area contributed by atoms with Gasteiger partial charge in [0.25, 0.3) is 0 Å². The zero-order chi connectivity index (χ0) is 29.6. The normalized spacial score (nSPS) is 22.5. The van der Waals surface area contributed by atoms with Crippen molar-refractivity contribution in [3.05, 3.63) is 71.8 Å². The number of amides is 5. The summed E-state index contributed by atoms with van der Waals surface area (Å²) in [5, 5.41) is 20.7. The van der Waals surface area contributed by atoms with Crippen molar-refractivity contribution in [2.75, 3.05) is 13.1 Å². The van der Waals surface area contributed by atoms with Crippen LogP contribution in [0.15, 0.2) is 60.7 Å². The Morgan fingerprint density at radius 3 is 2.27 bits per heavy atom. The molecule has 0 bridgehead atoms. The average molecular weight is 582 g/mol. The predicted octanol–water partition coefficient (Wildman–Crippen LogP) is 1.80. The number of urea groups is 1. The summed E-state index contributed by atoms with van der Waals surface area (Å²) in [6.45, 7) is 4.05. The molecular formula is C29H35N5O6S. The fraction of sp³-hybridized carbons (Fsp3) is 0.414. The standard InChI is InChI=1S/C29H35N5O6S/c1-3-14-30-28(40)32-20(15-18-10-6-4-7-11-18)25(36)33-23(19-12-8-5-9-13-19)26(37)31-17-29(2)24(27(38)39)34-21(35)16-22(34)41-29/h4-13,20,22-24H,3,14-17H2,1-2H3,(H,31,37)(H,33,36)(H,38,39)(H2,30,32,40)/t20-,22-,23-,24+,29?/m1/s1. The van der Waals surface area contributed by atoms with Gasteiger partial charge in [0.15, 0.2) is 0 Å². The number of hydrogen-bond donors (Lipinski definition) is 5. The van der Waals surface area contributed by atoms with Gasteiger partial charge in [0.2, 0.25) is 17.7 Å². The van der Waals surface area contributed by atoms with Gasteiger partial charge in [-0.15, -0.1) is 11.8 Å². The quantitative estimate of drug-likeness (QED) is 0.239. The minimum absolute atomic E-state index is 0.0297. The number of β-lactam (4-membered cyclic amide) rings is 1. The Morgan fingerprint density at radius 2 is 1.66 bits per heavy atom. The molecule has 0 aromatic heterocycles. The molecule has 41 heavy (non-hydrogen) atoms. The van der Waals surface area contributed by atoms with Crippen LogP contribution < -0.4 is 21.3 Å². The van der Waals surface area contributed by atoms with Crippen LogP contribution in [-0.4, -0.2) is 75.0 Å². The van der Waals surface area contributed by atoms with Crippen molar-refractivity contribution < 1.29 is 29.1 Å². The number of nitrogens with zero attached hydrogens (tertiary/aromatic N) is 1. The summed E-state index contributed by atoms with van der Waals surface area (Å²) in [4.78, 5) is 65.1. The van der Waals surface area contributed by atoms with Crippen molar-refractivity contribution >= 4 is 41.5 Å². The lowest BCUT2D eigenvalue weighted by Gasteiger charge is -2.37. The lowest BCUT2D eigenvalue weighted by molar-refractivity contribution is -0.157. The maximum atomic E-state index is 13.6. The molecule has 5 amide bonds. The van der Waals surface area contributed by atoms with Gasteiger partial charge in [-0.3, -0.25) is 14.4 Å². The molecule has 2 aliphatic heterocycles. The second-order valence-corrected chi connectivity index (χ2v) is 12.1. The topological polar surface area (TPSA) is 157 Å². The summed E-state index contributed by atoms with van der Waals surface area (Å²) in [6.07, 6.45) is 1.20. The smallest absolute Gasteiger partial charge is 0.327 e. The van der Waals surface area contributed by atoms with Gasteiger partial charge in [0.1, 0.15) is 18.1 Å². The van der Waals surface area contributed by atoms with E-state index in [4.69, 9.17) is 0 Å². The Bertz CT molecular complexity index is 1280. The number of benzene rings is 2. The summed E-state index contributed by atoms with van der Waals surface area (Å²) >= 11 is 1.35. The van der Waals surface area contributed by atoms with Crippen LogP contribution >= 0.6 is 11.8 Å². The van der Waals surface area contributed by atoms with E-state index < -0.39 is 46.7 Å². The van der Waals surface area contributed by atoms with Gasteiger partial charge in [-0.1, -0.05) is 67.6 Å². The highest BCUT2D eigenvalue weighted by atomic mass is 32.2. The van der Waals surface area contributed by atoms with Crippen LogP contribution in [0.25, 0.3) is 0 Å². The van der Waals surface area contributed by atoms with Gasteiger partial charge in [-0.25, -0.2) is 9.59 Å². The molecule has 2 fully saturated rings. The van der Waals surface area contributed by atoms with E-state index in [0.29, 0.717) is 12.1 Å². The Hall–Kier alpha value is -4.06. The molecule has 2 aromatic carbocycles. The van der Waals surface area contributed by atoms with Gasteiger partial charge in [0.05, 0.1) is 16.5 Å². The maximum Gasteiger partial charge on any atom is 0.327 e. The molecule has 2 aromatic rings. The Labute approximate surface area is 242 Å². The van der Waals surface area contributed by atoms with Gasteiger partial charge in [0, 0.05) is 19.5 Å². The van der Waals surface area contributed by atoms with Crippen LogP contribution in [0.5, 0.6) is 0 Å². The third kappa shape index (κ3) is 6.99. The Kier molecular flexibility index (Phi) is 9.53. The molecule has 0 spiro atoms. The average Bonchev–Trinajstić information content (AvgIpc) is 3.21. The van der Waals surface area contributed by atoms with Crippen LogP contribution in [0.4, 0.5) is 4.79 Å². The van der Waals surface area contributed by atoms with E-state index in [1.807, 2.05) is 37.3 Å². The molecule has 5 N–H and O–H groups in total. The lowest BCUT2D eigenvalue weighted by atomic mass is 9.96. The first-order chi connectivity index (χ1) is 19.6. The molecular weight excluding hydrogens is 546 g/mol. The first-order valence-electron chi connectivity index (χ1n) is 13.6. The first kappa shape index (κ1) is 29.9. The number of carbonyl (C=O) groups is 5. The fourth-order valence-corrected chi connectivity index (χ4v) is 6.76. The van der Waals surface area contributed by atoms with Crippen molar-refractivity contribution in [1.82, 2.24) is 26.2 Å². The van der Waals surface area contributed by atoms with Gasteiger partial charge >= 0.3 is 12.0 Å². The number of nitrogens with one attached hydrogen (secondary N) is 4. The van der Waals surface area contributed by atoms with Gasteiger partial charge in [-0.05, 0) is 24.5 Å². The molecule has 1 unspecified atom stereocenters. The van der Waals surface area contributed by atoms with E-state index >= 15 is 0 Å². The van der Waals surface area contributed by atoms with Crippen molar-refractivity contribution in [3.63, 3.8) is 0 Å². The van der Waals surface area contributed by atoms with E-state index in [-0.39, 0.29) is 30.7 Å². The van der Waals surface area contributed by atoms with Gasteiger partial charge < -0.3 is 31.3 Å². The molecule has 4 rings (SSSR count). The van der Waals surface area contributed by atoms with Crippen molar-refractivity contribution in [3.8, 4) is 0 Å². The highest BCUT2D eigenvalue weighted by Crippen LogP contribution is 2.50. The number of fused-ring (bicyclic) bond motifs is 1. The second kappa shape index (κ2) is 13.1. The molecule has 218 valence electrons. The van der Waals surface area contributed by atoms with E-state index in [0.717, 1.165) is 12.0 Å². The molecule has 2 saturated heterocycles. The number of aliphatic carboxylic acids is 1. The molecule has 2 heterocycles. The maximum absolute atomic E-state index is 13.6.